The summed E-state index contributed by atoms with van der Waals surface area (Å²) in [6, 6.07) is 13.5. The van der Waals surface area contributed by atoms with Crippen LogP contribution in [-0.2, 0) is 0 Å². The van der Waals surface area contributed by atoms with Gasteiger partial charge in [-0.05, 0) is 64.9 Å². The van der Waals surface area contributed by atoms with Crippen molar-refractivity contribution in [2.24, 2.45) is 5.92 Å². The Labute approximate surface area is 108 Å². The van der Waals surface area contributed by atoms with Crippen LogP contribution in [0.4, 0.5) is 0 Å². The molecular weight excluding hydrogens is 216 g/mol. The third kappa shape index (κ3) is 1.52. The molecule has 0 spiro atoms. The van der Waals surface area contributed by atoms with Crippen LogP contribution >= 0.6 is 0 Å². The minimum atomic E-state index is 0.840. The standard InChI is InChI=1S/C18H18/c1-2-7-15-12-18-16(11-14(15)6-1)10-9-13-5-3-4-8-17(13)18/h1-2,6-7,10-13H,3-5,8-9H2. The molecule has 0 nitrogen and oxygen atoms in total. The predicted octanol–water partition coefficient (Wildman–Crippen LogP) is 3.36. The molecule has 2 aliphatic carbocycles. The summed E-state index contributed by atoms with van der Waals surface area (Å²) in [5, 5.41) is 5.79. The van der Waals surface area contributed by atoms with Crippen molar-refractivity contribution >= 4 is 22.4 Å². The quantitative estimate of drug-likeness (QED) is 0.655. The highest BCUT2D eigenvalue weighted by atomic mass is 14.3. The van der Waals surface area contributed by atoms with Gasteiger partial charge < -0.3 is 0 Å². The van der Waals surface area contributed by atoms with E-state index in [1.807, 2.05) is 0 Å². The molecule has 18 heavy (non-hydrogen) atoms. The fraction of sp³-hybridized carbons (Fsp3) is 0.333. The van der Waals surface area contributed by atoms with E-state index in [4.69, 9.17) is 0 Å². The summed E-state index contributed by atoms with van der Waals surface area (Å²) >= 11 is 0. The SMILES string of the molecule is C1=c2cc3ccccc3cc2=C2CCCCC2C1. The van der Waals surface area contributed by atoms with Gasteiger partial charge in [-0.25, -0.2) is 0 Å². The summed E-state index contributed by atoms with van der Waals surface area (Å²) in [4.78, 5) is 0. The molecule has 90 valence electrons. The number of benzene rings is 2. The summed E-state index contributed by atoms with van der Waals surface area (Å²) in [6.45, 7) is 0. The van der Waals surface area contributed by atoms with Crippen LogP contribution in [0.2, 0.25) is 0 Å². The van der Waals surface area contributed by atoms with Gasteiger partial charge in [-0.15, -0.1) is 0 Å². The van der Waals surface area contributed by atoms with Crippen molar-refractivity contribution in [2.75, 3.05) is 0 Å². The molecule has 1 saturated carbocycles. The second kappa shape index (κ2) is 3.98. The molecular formula is C18H18. The normalized spacial score (nSPS) is 22.2. The number of fused-ring (bicyclic) bond motifs is 3. The first-order chi connectivity index (χ1) is 8.92. The Morgan fingerprint density at radius 3 is 2.67 bits per heavy atom. The van der Waals surface area contributed by atoms with E-state index in [1.165, 1.54) is 48.1 Å². The van der Waals surface area contributed by atoms with Gasteiger partial charge in [0, 0.05) is 0 Å². The lowest BCUT2D eigenvalue weighted by molar-refractivity contribution is 0.508. The Bertz CT molecular complexity index is 721. The topological polar surface area (TPSA) is 0 Å². The third-order valence-corrected chi connectivity index (χ3v) is 4.63. The largest absolute Gasteiger partial charge is 0.0760 e. The van der Waals surface area contributed by atoms with Crippen molar-refractivity contribution in [1.29, 1.82) is 0 Å². The van der Waals surface area contributed by atoms with E-state index in [2.05, 4.69) is 42.5 Å². The van der Waals surface area contributed by atoms with Crippen molar-refractivity contribution in [2.45, 2.75) is 32.1 Å². The van der Waals surface area contributed by atoms with Gasteiger partial charge in [0.2, 0.25) is 0 Å². The molecule has 2 aromatic rings. The Morgan fingerprint density at radius 1 is 0.944 bits per heavy atom. The van der Waals surface area contributed by atoms with Crippen molar-refractivity contribution in [3.8, 4) is 0 Å². The predicted molar refractivity (Wildman–Crippen MR) is 77.6 cm³/mol. The molecule has 2 aromatic carbocycles. The van der Waals surface area contributed by atoms with Crippen molar-refractivity contribution in [3.05, 3.63) is 46.8 Å². The van der Waals surface area contributed by atoms with Gasteiger partial charge in [0.25, 0.3) is 0 Å². The molecule has 0 saturated heterocycles. The van der Waals surface area contributed by atoms with Crippen LogP contribution in [-0.4, -0.2) is 0 Å². The molecule has 0 aliphatic heterocycles. The van der Waals surface area contributed by atoms with E-state index < -0.39 is 0 Å². The van der Waals surface area contributed by atoms with E-state index in [0.717, 1.165) is 5.92 Å². The number of hydrogen-bond donors (Lipinski definition) is 0. The lowest BCUT2D eigenvalue weighted by Gasteiger charge is -2.27. The summed E-state index contributed by atoms with van der Waals surface area (Å²) < 4.78 is 0. The highest BCUT2D eigenvalue weighted by molar-refractivity contribution is 5.83. The van der Waals surface area contributed by atoms with Gasteiger partial charge >= 0.3 is 0 Å². The summed E-state index contributed by atoms with van der Waals surface area (Å²) in [7, 11) is 0. The molecule has 0 amide bonds. The van der Waals surface area contributed by atoms with Crippen molar-refractivity contribution in [3.63, 3.8) is 0 Å². The molecule has 2 aliphatic rings. The van der Waals surface area contributed by atoms with Gasteiger partial charge in [0.1, 0.15) is 0 Å². The molecule has 1 fully saturated rings. The van der Waals surface area contributed by atoms with Gasteiger partial charge in [-0.1, -0.05) is 42.3 Å². The Balaban J connectivity index is 2.09. The smallest absolute Gasteiger partial charge is 0.0159 e. The first-order valence-electron chi connectivity index (χ1n) is 7.14. The molecule has 0 bridgehead atoms. The van der Waals surface area contributed by atoms with Gasteiger partial charge in [-0.2, -0.15) is 0 Å². The maximum Gasteiger partial charge on any atom is -0.0159 e. The van der Waals surface area contributed by atoms with Crippen LogP contribution in [0.5, 0.6) is 0 Å². The molecule has 0 N–H and O–H groups in total. The van der Waals surface area contributed by atoms with Gasteiger partial charge in [0.05, 0.1) is 0 Å². The maximum absolute atomic E-state index is 2.46. The van der Waals surface area contributed by atoms with Crippen LogP contribution in [0, 0.1) is 5.92 Å². The summed E-state index contributed by atoms with van der Waals surface area (Å²) in [6.07, 6.45) is 9.26. The molecule has 0 radical (unpaired) electrons. The van der Waals surface area contributed by atoms with Crippen molar-refractivity contribution in [1.82, 2.24) is 0 Å². The average Bonchev–Trinajstić information content (AvgIpc) is 2.45. The minimum absolute atomic E-state index is 0.840. The fourth-order valence-electron chi connectivity index (χ4n) is 3.67. The minimum Gasteiger partial charge on any atom is -0.0760 e. The van der Waals surface area contributed by atoms with Crippen LogP contribution in [0.25, 0.3) is 22.4 Å². The van der Waals surface area contributed by atoms with Crippen LogP contribution < -0.4 is 10.4 Å². The maximum atomic E-state index is 2.46. The summed E-state index contributed by atoms with van der Waals surface area (Å²) in [5.74, 6) is 0.840. The Morgan fingerprint density at radius 2 is 1.78 bits per heavy atom. The lowest BCUT2D eigenvalue weighted by atomic mass is 9.78. The lowest BCUT2D eigenvalue weighted by Crippen LogP contribution is -2.34. The van der Waals surface area contributed by atoms with E-state index in [9.17, 15) is 0 Å². The highest BCUT2D eigenvalue weighted by Crippen LogP contribution is 2.33. The van der Waals surface area contributed by atoms with E-state index in [-0.39, 0.29) is 0 Å². The Hall–Kier alpha value is -1.56. The number of rotatable bonds is 0. The van der Waals surface area contributed by atoms with Gasteiger partial charge in [0.15, 0.2) is 0 Å². The third-order valence-electron chi connectivity index (χ3n) is 4.63. The van der Waals surface area contributed by atoms with Gasteiger partial charge in [-0.3, -0.25) is 0 Å². The zero-order valence-corrected chi connectivity index (χ0v) is 10.7. The van der Waals surface area contributed by atoms with E-state index in [0.29, 0.717) is 0 Å². The highest BCUT2D eigenvalue weighted by Gasteiger charge is 2.20. The number of hydrogen-bond acceptors (Lipinski definition) is 0. The molecule has 0 heterocycles. The van der Waals surface area contributed by atoms with E-state index in [1.54, 1.807) is 10.8 Å². The fourth-order valence-corrected chi connectivity index (χ4v) is 3.67. The Kier molecular flexibility index (Phi) is 2.29. The van der Waals surface area contributed by atoms with Crippen LogP contribution in [0.1, 0.15) is 32.1 Å². The first-order valence-corrected chi connectivity index (χ1v) is 7.14. The average molecular weight is 234 g/mol. The molecule has 1 unspecified atom stereocenters. The second-order valence-corrected chi connectivity index (χ2v) is 5.69. The van der Waals surface area contributed by atoms with Crippen molar-refractivity contribution < 1.29 is 0 Å². The molecule has 0 aromatic heterocycles. The molecule has 4 rings (SSSR count). The second-order valence-electron chi connectivity index (χ2n) is 5.69. The first kappa shape index (κ1) is 10.4. The molecule has 1 atom stereocenters. The van der Waals surface area contributed by atoms with Crippen LogP contribution in [0.15, 0.2) is 36.4 Å². The van der Waals surface area contributed by atoms with Crippen LogP contribution in [0.3, 0.4) is 0 Å². The van der Waals surface area contributed by atoms with E-state index >= 15 is 0 Å². The zero-order valence-electron chi connectivity index (χ0n) is 10.7. The molecule has 0 heteroatoms. The zero-order chi connectivity index (χ0) is 11.9. The monoisotopic (exact) mass is 234 g/mol. The summed E-state index contributed by atoms with van der Waals surface area (Å²) in [5.41, 5.74) is 1.74.